The van der Waals surface area contributed by atoms with Crippen LogP contribution < -0.4 is 4.72 Å². The van der Waals surface area contributed by atoms with E-state index in [9.17, 15) is 8.42 Å². The molecule has 0 aliphatic heterocycles. The van der Waals surface area contributed by atoms with Gasteiger partial charge in [-0.05, 0) is 6.42 Å². The Morgan fingerprint density at radius 3 is 2.93 bits per heavy atom. The van der Waals surface area contributed by atoms with Crippen molar-refractivity contribution in [3.8, 4) is 0 Å². The minimum atomic E-state index is -3.35. The highest BCUT2D eigenvalue weighted by Crippen LogP contribution is 1.92. The summed E-state index contributed by atoms with van der Waals surface area (Å²) in [6.45, 7) is -0.145. The first-order valence-corrected chi connectivity index (χ1v) is 5.63. The van der Waals surface area contributed by atoms with Crippen LogP contribution in [-0.4, -0.2) is 36.0 Å². The number of aromatic nitrogens is 2. The quantitative estimate of drug-likeness (QED) is 0.629. The third kappa shape index (κ3) is 3.81. The molecule has 0 amide bonds. The van der Waals surface area contributed by atoms with Crippen LogP contribution in [0.4, 0.5) is 0 Å². The Kier molecular flexibility index (Phi) is 3.98. The van der Waals surface area contributed by atoms with Crippen molar-refractivity contribution >= 4 is 10.0 Å². The maximum atomic E-state index is 11.2. The molecule has 2 N–H and O–H groups in total. The summed E-state index contributed by atoms with van der Waals surface area (Å²) >= 11 is 0. The Morgan fingerprint density at radius 2 is 2.36 bits per heavy atom. The molecular formula is C6H11N3O4S. The molecule has 0 fully saturated rings. The zero-order chi connectivity index (χ0) is 10.4. The van der Waals surface area contributed by atoms with E-state index < -0.39 is 10.0 Å². The van der Waals surface area contributed by atoms with Crippen molar-refractivity contribution in [3.63, 3.8) is 0 Å². The zero-order valence-electron chi connectivity index (χ0n) is 7.38. The molecule has 0 spiro atoms. The second-order valence-corrected chi connectivity index (χ2v) is 4.49. The van der Waals surface area contributed by atoms with Crippen LogP contribution in [-0.2, 0) is 16.6 Å². The summed E-state index contributed by atoms with van der Waals surface area (Å²) in [6.07, 6.45) is 1.33. The number of rotatable bonds is 6. The predicted molar refractivity (Wildman–Crippen MR) is 46.6 cm³/mol. The van der Waals surface area contributed by atoms with E-state index in [0.717, 1.165) is 6.39 Å². The maximum absolute atomic E-state index is 11.2. The van der Waals surface area contributed by atoms with Gasteiger partial charge >= 0.3 is 0 Å². The molecule has 0 aliphatic carbocycles. The van der Waals surface area contributed by atoms with E-state index in [2.05, 4.69) is 19.4 Å². The monoisotopic (exact) mass is 221 g/mol. The fourth-order valence-corrected chi connectivity index (χ4v) is 1.77. The topological polar surface area (TPSA) is 105 Å². The molecule has 8 heteroatoms. The van der Waals surface area contributed by atoms with Gasteiger partial charge in [0.05, 0.1) is 12.3 Å². The Bertz CT molecular complexity index is 347. The van der Waals surface area contributed by atoms with Crippen LogP contribution in [0.1, 0.15) is 12.2 Å². The Hall–Kier alpha value is -0.990. The van der Waals surface area contributed by atoms with Crippen LogP contribution in [0.25, 0.3) is 0 Å². The first-order valence-electron chi connectivity index (χ1n) is 3.97. The third-order valence-corrected chi connectivity index (χ3v) is 2.84. The summed E-state index contributed by atoms with van der Waals surface area (Å²) in [5.74, 6) is 0.166. The second-order valence-electron chi connectivity index (χ2n) is 2.56. The minimum absolute atomic E-state index is 0.00423. The van der Waals surface area contributed by atoms with E-state index in [1.54, 1.807) is 0 Å². The number of hydrogen-bond donors (Lipinski definition) is 2. The van der Waals surface area contributed by atoms with Gasteiger partial charge in [0.2, 0.25) is 16.4 Å². The van der Waals surface area contributed by atoms with Gasteiger partial charge < -0.3 is 9.63 Å². The maximum Gasteiger partial charge on any atom is 0.213 e. The van der Waals surface area contributed by atoms with Crippen LogP contribution in [0.15, 0.2) is 10.9 Å². The van der Waals surface area contributed by atoms with E-state index >= 15 is 0 Å². The zero-order valence-corrected chi connectivity index (χ0v) is 8.20. The second kappa shape index (κ2) is 5.03. The Labute approximate surface area is 81.2 Å². The smallest absolute Gasteiger partial charge is 0.213 e. The summed E-state index contributed by atoms with van der Waals surface area (Å²) in [5, 5.41) is 11.9. The molecule has 1 aromatic heterocycles. The molecule has 0 saturated heterocycles. The molecule has 7 nitrogen and oxygen atoms in total. The molecule has 0 aliphatic rings. The van der Waals surface area contributed by atoms with Crippen molar-refractivity contribution in [2.24, 2.45) is 0 Å². The van der Waals surface area contributed by atoms with Crippen LogP contribution in [0.5, 0.6) is 0 Å². The lowest BCUT2D eigenvalue weighted by molar-refractivity contribution is 0.295. The van der Waals surface area contributed by atoms with Crippen molar-refractivity contribution in [2.75, 3.05) is 12.4 Å². The first kappa shape index (κ1) is 11.1. The molecule has 0 aromatic carbocycles. The fourth-order valence-electron chi connectivity index (χ4n) is 0.772. The third-order valence-electron chi connectivity index (χ3n) is 1.43. The summed E-state index contributed by atoms with van der Waals surface area (Å²) in [7, 11) is -3.35. The highest BCUT2D eigenvalue weighted by molar-refractivity contribution is 7.89. The molecular weight excluding hydrogens is 210 g/mol. The summed E-state index contributed by atoms with van der Waals surface area (Å²) in [4.78, 5) is 3.65. The lowest BCUT2D eigenvalue weighted by Crippen LogP contribution is -2.26. The van der Waals surface area contributed by atoms with Gasteiger partial charge in [0, 0.05) is 6.61 Å². The molecule has 1 heterocycles. The molecule has 1 aromatic rings. The normalized spacial score (nSPS) is 11.8. The molecule has 0 radical (unpaired) electrons. The van der Waals surface area contributed by atoms with E-state index in [1.165, 1.54) is 0 Å². The van der Waals surface area contributed by atoms with Crippen molar-refractivity contribution in [1.29, 1.82) is 0 Å². The molecule has 0 unspecified atom stereocenters. The highest BCUT2D eigenvalue weighted by atomic mass is 32.2. The van der Waals surface area contributed by atoms with Crippen LogP contribution in [0, 0.1) is 0 Å². The minimum Gasteiger partial charge on any atom is -0.396 e. The van der Waals surface area contributed by atoms with Gasteiger partial charge in [-0.2, -0.15) is 4.98 Å². The van der Waals surface area contributed by atoms with Gasteiger partial charge in [-0.3, -0.25) is 0 Å². The van der Waals surface area contributed by atoms with Crippen molar-refractivity contribution in [1.82, 2.24) is 14.9 Å². The Morgan fingerprint density at radius 1 is 1.57 bits per heavy atom. The van der Waals surface area contributed by atoms with Gasteiger partial charge in [0.15, 0.2) is 5.82 Å². The number of nitrogens with zero attached hydrogens (tertiary/aromatic N) is 2. The average Bonchev–Trinajstić information content (AvgIpc) is 2.64. The molecule has 80 valence electrons. The largest absolute Gasteiger partial charge is 0.396 e. The molecule has 0 saturated carbocycles. The molecule has 0 bridgehead atoms. The van der Waals surface area contributed by atoms with Gasteiger partial charge in [-0.25, -0.2) is 13.1 Å². The SMILES string of the molecule is O=S(=O)(CCCO)NCc1ncon1. The predicted octanol–water partition coefficient (Wildman–Crippen LogP) is -1.13. The number of nitrogens with one attached hydrogen (secondary N) is 1. The summed E-state index contributed by atoms with van der Waals surface area (Å²) in [6, 6.07) is 0. The molecule has 0 atom stereocenters. The highest BCUT2D eigenvalue weighted by Gasteiger charge is 2.10. The lowest BCUT2D eigenvalue weighted by atomic mass is 10.5. The number of sulfonamides is 1. The molecule has 1 rings (SSSR count). The van der Waals surface area contributed by atoms with E-state index in [-0.39, 0.29) is 31.1 Å². The van der Waals surface area contributed by atoms with E-state index in [0.29, 0.717) is 0 Å². The fraction of sp³-hybridized carbons (Fsp3) is 0.667. The van der Waals surface area contributed by atoms with Gasteiger partial charge in [-0.15, -0.1) is 0 Å². The lowest BCUT2D eigenvalue weighted by Gasteiger charge is -2.02. The first-order chi connectivity index (χ1) is 6.64. The van der Waals surface area contributed by atoms with Crippen molar-refractivity contribution in [2.45, 2.75) is 13.0 Å². The number of aliphatic hydroxyl groups is 1. The van der Waals surface area contributed by atoms with Gasteiger partial charge in [-0.1, -0.05) is 5.16 Å². The van der Waals surface area contributed by atoms with Gasteiger partial charge in [0.1, 0.15) is 0 Å². The Balaban J connectivity index is 2.37. The van der Waals surface area contributed by atoms with E-state index in [4.69, 9.17) is 5.11 Å². The van der Waals surface area contributed by atoms with E-state index in [1.807, 2.05) is 0 Å². The van der Waals surface area contributed by atoms with Crippen LogP contribution >= 0.6 is 0 Å². The van der Waals surface area contributed by atoms with Crippen molar-refractivity contribution in [3.05, 3.63) is 12.2 Å². The van der Waals surface area contributed by atoms with Crippen LogP contribution in [0.3, 0.4) is 0 Å². The van der Waals surface area contributed by atoms with Crippen LogP contribution in [0.2, 0.25) is 0 Å². The number of aliphatic hydroxyl groups excluding tert-OH is 1. The average molecular weight is 221 g/mol. The number of hydrogen-bond acceptors (Lipinski definition) is 6. The van der Waals surface area contributed by atoms with Gasteiger partial charge in [0.25, 0.3) is 0 Å². The summed E-state index contributed by atoms with van der Waals surface area (Å²) in [5.41, 5.74) is 0. The molecule has 14 heavy (non-hydrogen) atoms. The standard InChI is InChI=1S/C6H11N3O4S/c10-2-1-3-14(11,12)8-4-6-7-5-13-9-6/h5,8,10H,1-4H2. The summed E-state index contributed by atoms with van der Waals surface area (Å²) < 4.78 is 29.0. The van der Waals surface area contributed by atoms with Crippen molar-refractivity contribution < 1.29 is 18.0 Å².